The van der Waals surface area contributed by atoms with Crippen molar-refractivity contribution in [2.24, 2.45) is 5.92 Å². The lowest BCUT2D eigenvalue weighted by Gasteiger charge is -2.09. The summed E-state index contributed by atoms with van der Waals surface area (Å²) in [7, 11) is 1.66. The number of benzene rings is 1. The molecule has 0 aliphatic rings. The number of rotatable bonds is 6. The average Bonchev–Trinajstić information content (AvgIpc) is 2.29. The molecule has 1 rings (SSSR count). The summed E-state index contributed by atoms with van der Waals surface area (Å²) in [6, 6.07) is 7.67. The van der Waals surface area contributed by atoms with Crippen LogP contribution in [0.1, 0.15) is 13.3 Å². The topological polar surface area (TPSA) is 18.5 Å². The first-order valence-electron chi connectivity index (χ1n) is 5.09. The van der Waals surface area contributed by atoms with Gasteiger partial charge in [-0.05, 0) is 36.6 Å². The van der Waals surface area contributed by atoms with Crippen LogP contribution in [0.2, 0.25) is 0 Å². The normalized spacial score (nSPS) is 12.2. The molecule has 3 heteroatoms. The molecule has 1 aromatic carbocycles. The van der Waals surface area contributed by atoms with Crippen molar-refractivity contribution in [2.75, 3.05) is 19.0 Å². The Kier molecular flexibility index (Phi) is 5.54. The van der Waals surface area contributed by atoms with E-state index < -0.39 is 0 Å². The monoisotopic (exact) mass is 272 g/mol. The largest absolute Gasteiger partial charge is 0.497 e. The molecule has 1 atom stereocenters. The Bertz CT molecular complexity index is 271. The molecule has 0 bridgehead atoms. The fourth-order valence-electron chi connectivity index (χ4n) is 1.13. The summed E-state index contributed by atoms with van der Waals surface area (Å²) in [4.78, 5) is 0. The van der Waals surface area contributed by atoms with Gasteiger partial charge in [0.1, 0.15) is 11.5 Å². The third-order valence-corrected chi connectivity index (χ3v) is 3.31. The second-order valence-electron chi connectivity index (χ2n) is 3.57. The predicted octanol–water partition coefficient (Wildman–Crippen LogP) is 3.50. The molecular formula is C12H17BrO2. The Labute approximate surface area is 99.7 Å². The molecule has 0 aliphatic heterocycles. The first-order chi connectivity index (χ1) is 7.26. The van der Waals surface area contributed by atoms with Crippen LogP contribution in [0.4, 0.5) is 0 Å². The number of hydrogen-bond acceptors (Lipinski definition) is 2. The van der Waals surface area contributed by atoms with Crippen LogP contribution < -0.4 is 9.47 Å². The van der Waals surface area contributed by atoms with Crippen LogP contribution in [-0.4, -0.2) is 19.0 Å². The van der Waals surface area contributed by atoms with Crippen LogP contribution in [0, 0.1) is 5.92 Å². The molecule has 2 nitrogen and oxygen atoms in total. The van der Waals surface area contributed by atoms with Crippen molar-refractivity contribution in [3.05, 3.63) is 24.3 Å². The minimum Gasteiger partial charge on any atom is -0.497 e. The van der Waals surface area contributed by atoms with E-state index in [1.807, 2.05) is 24.3 Å². The van der Waals surface area contributed by atoms with Crippen molar-refractivity contribution < 1.29 is 9.47 Å². The molecule has 0 radical (unpaired) electrons. The van der Waals surface area contributed by atoms with Crippen LogP contribution in [-0.2, 0) is 0 Å². The smallest absolute Gasteiger partial charge is 0.119 e. The van der Waals surface area contributed by atoms with Crippen molar-refractivity contribution in [1.82, 2.24) is 0 Å². The van der Waals surface area contributed by atoms with E-state index >= 15 is 0 Å². The first-order valence-corrected chi connectivity index (χ1v) is 6.21. The molecule has 0 N–H and O–H groups in total. The molecule has 1 aromatic rings. The van der Waals surface area contributed by atoms with Crippen molar-refractivity contribution in [2.45, 2.75) is 13.3 Å². The average molecular weight is 273 g/mol. The van der Waals surface area contributed by atoms with Gasteiger partial charge in [0.25, 0.3) is 0 Å². The maximum absolute atomic E-state index is 5.60. The van der Waals surface area contributed by atoms with E-state index in [0.29, 0.717) is 5.92 Å². The van der Waals surface area contributed by atoms with Crippen LogP contribution in [0.15, 0.2) is 24.3 Å². The Balaban J connectivity index is 2.31. The van der Waals surface area contributed by atoms with Crippen molar-refractivity contribution in [1.29, 1.82) is 0 Å². The fourth-order valence-corrected chi connectivity index (χ4v) is 1.45. The molecule has 0 amide bonds. The molecule has 0 aromatic heterocycles. The minimum atomic E-state index is 0.656. The minimum absolute atomic E-state index is 0.656. The van der Waals surface area contributed by atoms with E-state index in [1.54, 1.807) is 7.11 Å². The van der Waals surface area contributed by atoms with Gasteiger partial charge in [-0.1, -0.05) is 22.9 Å². The van der Waals surface area contributed by atoms with Gasteiger partial charge in [0.15, 0.2) is 0 Å². The number of hydrogen-bond donors (Lipinski definition) is 0. The lowest BCUT2D eigenvalue weighted by Crippen LogP contribution is -2.04. The fraction of sp³-hybridized carbons (Fsp3) is 0.500. The molecule has 0 unspecified atom stereocenters. The zero-order valence-electron chi connectivity index (χ0n) is 9.20. The van der Waals surface area contributed by atoms with Gasteiger partial charge in [-0.15, -0.1) is 0 Å². The lowest BCUT2D eigenvalue weighted by molar-refractivity contribution is 0.290. The maximum Gasteiger partial charge on any atom is 0.119 e. The zero-order valence-corrected chi connectivity index (χ0v) is 10.8. The highest BCUT2D eigenvalue weighted by Crippen LogP contribution is 2.17. The summed E-state index contributed by atoms with van der Waals surface area (Å²) in [5, 5.41) is 1.03. The lowest BCUT2D eigenvalue weighted by atomic mass is 10.1. The van der Waals surface area contributed by atoms with E-state index in [4.69, 9.17) is 9.47 Å². The molecule has 84 valence electrons. The van der Waals surface area contributed by atoms with Gasteiger partial charge in [-0.3, -0.25) is 0 Å². The molecular weight excluding hydrogens is 256 g/mol. The van der Waals surface area contributed by atoms with Gasteiger partial charge in [-0.25, -0.2) is 0 Å². The van der Waals surface area contributed by atoms with Crippen LogP contribution in [0.3, 0.4) is 0 Å². The summed E-state index contributed by atoms with van der Waals surface area (Å²) in [6.07, 6.45) is 1.07. The van der Waals surface area contributed by atoms with Gasteiger partial charge in [-0.2, -0.15) is 0 Å². The number of halogens is 1. The van der Waals surface area contributed by atoms with E-state index in [2.05, 4.69) is 22.9 Å². The second-order valence-corrected chi connectivity index (χ2v) is 4.22. The Hall–Kier alpha value is -0.700. The molecule has 0 aliphatic carbocycles. The number of alkyl halides is 1. The van der Waals surface area contributed by atoms with Crippen molar-refractivity contribution in [3.63, 3.8) is 0 Å². The summed E-state index contributed by atoms with van der Waals surface area (Å²) < 4.78 is 10.7. The Morgan fingerprint density at radius 1 is 1.20 bits per heavy atom. The Morgan fingerprint density at radius 2 is 1.80 bits per heavy atom. The van der Waals surface area contributed by atoms with E-state index in [0.717, 1.165) is 29.9 Å². The summed E-state index contributed by atoms with van der Waals surface area (Å²) in [6.45, 7) is 2.96. The third-order valence-electron chi connectivity index (χ3n) is 2.20. The summed E-state index contributed by atoms with van der Waals surface area (Å²) in [5.74, 6) is 2.41. The van der Waals surface area contributed by atoms with Crippen molar-refractivity contribution in [3.8, 4) is 11.5 Å². The van der Waals surface area contributed by atoms with Crippen molar-refractivity contribution >= 4 is 15.9 Å². The molecule has 0 saturated carbocycles. The van der Waals surface area contributed by atoms with E-state index in [-0.39, 0.29) is 0 Å². The molecule has 15 heavy (non-hydrogen) atoms. The van der Waals surface area contributed by atoms with Gasteiger partial charge >= 0.3 is 0 Å². The van der Waals surface area contributed by atoms with Gasteiger partial charge < -0.3 is 9.47 Å². The third kappa shape index (κ3) is 4.56. The molecule has 0 fully saturated rings. The highest BCUT2D eigenvalue weighted by Gasteiger charge is 2.00. The Morgan fingerprint density at radius 3 is 2.33 bits per heavy atom. The first kappa shape index (κ1) is 12.4. The van der Waals surface area contributed by atoms with Crippen LogP contribution >= 0.6 is 15.9 Å². The zero-order chi connectivity index (χ0) is 11.1. The summed E-state index contributed by atoms with van der Waals surface area (Å²) in [5.41, 5.74) is 0. The van der Waals surface area contributed by atoms with Crippen LogP contribution in [0.5, 0.6) is 11.5 Å². The molecule has 0 spiro atoms. The summed E-state index contributed by atoms with van der Waals surface area (Å²) >= 11 is 3.45. The quantitative estimate of drug-likeness (QED) is 0.738. The standard InChI is InChI=1S/C12H17BrO2/c1-10(9-13)7-8-15-12-5-3-11(14-2)4-6-12/h3-6,10H,7-9H2,1-2H3/t10-/m0/s1. The number of ether oxygens (including phenoxy) is 2. The predicted molar refractivity (Wildman–Crippen MR) is 66.1 cm³/mol. The highest BCUT2D eigenvalue weighted by atomic mass is 79.9. The molecule has 0 saturated heterocycles. The van der Waals surface area contributed by atoms with Gasteiger partial charge in [0, 0.05) is 5.33 Å². The maximum atomic E-state index is 5.60. The number of methoxy groups -OCH3 is 1. The molecule has 0 heterocycles. The second kappa shape index (κ2) is 6.72. The highest BCUT2D eigenvalue weighted by molar-refractivity contribution is 9.09. The van der Waals surface area contributed by atoms with Crippen LogP contribution in [0.25, 0.3) is 0 Å². The van der Waals surface area contributed by atoms with E-state index in [1.165, 1.54) is 0 Å². The van der Waals surface area contributed by atoms with Gasteiger partial charge in [0.05, 0.1) is 13.7 Å². The SMILES string of the molecule is COc1ccc(OCC[C@H](C)CBr)cc1. The van der Waals surface area contributed by atoms with E-state index in [9.17, 15) is 0 Å². The van der Waals surface area contributed by atoms with Gasteiger partial charge in [0.2, 0.25) is 0 Å².